The van der Waals surface area contributed by atoms with Gasteiger partial charge < -0.3 is 11.1 Å². The third-order valence-electron chi connectivity index (χ3n) is 2.92. The van der Waals surface area contributed by atoms with E-state index < -0.39 is 11.6 Å². The van der Waals surface area contributed by atoms with Crippen LogP contribution in [0.1, 0.15) is 25.3 Å². The Morgan fingerprint density at radius 3 is 2.62 bits per heavy atom. The van der Waals surface area contributed by atoms with Crippen LogP contribution in [-0.2, 0) is 10.3 Å². The Labute approximate surface area is 93.8 Å². The van der Waals surface area contributed by atoms with E-state index in [0.717, 1.165) is 12.8 Å². The number of nitrogens with one attached hydrogen (secondary N) is 1. The molecule has 0 heterocycles. The lowest BCUT2D eigenvalue weighted by atomic mass is 10.0. The van der Waals surface area contributed by atoms with Crippen molar-refractivity contribution in [2.24, 2.45) is 5.73 Å². The minimum Gasteiger partial charge on any atom is -0.345 e. The third kappa shape index (κ3) is 1.93. The molecule has 1 amide bonds. The normalized spacial score (nSPS) is 18.9. The Morgan fingerprint density at radius 2 is 2.12 bits per heavy atom. The van der Waals surface area contributed by atoms with Gasteiger partial charge in [-0.15, -0.1) is 0 Å². The summed E-state index contributed by atoms with van der Waals surface area (Å²) in [6, 6.07) is 5.97. The van der Waals surface area contributed by atoms with Crippen LogP contribution in [0.4, 0.5) is 4.39 Å². The number of hydrogen-bond donors (Lipinski definition) is 2. The van der Waals surface area contributed by atoms with E-state index in [0.29, 0.717) is 5.56 Å². The van der Waals surface area contributed by atoms with Gasteiger partial charge in [-0.1, -0.05) is 18.2 Å². The molecule has 1 atom stereocenters. The molecule has 1 aliphatic carbocycles. The highest BCUT2D eigenvalue weighted by atomic mass is 19.1. The first-order valence-electron chi connectivity index (χ1n) is 5.38. The van der Waals surface area contributed by atoms with Gasteiger partial charge in [0.1, 0.15) is 5.82 Å². The molecule has 2 rings (SSSR count). The molecule has 0 spiro atoms. The lowest BCUT2D eigenvalue weighted by molar-refractivity contribution is -0.123. The maximum atomic E-state index is 13.6. The maximum Gasteiger partial charge on any atom is 0.237 e. The fourth-order valence-electron chi connectivity index (χ4n) is 1.79. The number of carbonyl (C=O) groups is 1. The van der Waals surface area contributed by atoms with Crippen LogP contribution >= 0.6 is 0 Å². The van der Waals surface area contributed by atoms with Gasteiger partial charge in [-0.25, -0.2) is 4.39 Å². The van der Waals surface area contributed by atoms with Gasteiger partial charge in [0.2, 0.25) is 5.91 Å². The molecule has 3 nitrogen and oxygen atoms in total. The van der Waals surface area contributed by atoms with Crippen LogP contribution in [0.5, 0.6) is 0 Å². The summed E-state index contributed by atoms with van der Waals surface area (Å²) in [6.45, 7) is 1.62. The number of rotatable bonds is 3. The predicted molar refractivity (Wildman–Crippen MR) is 59.1 cm³/mol. The molecule has 0 saturated heterocycles. The molecule has 1 saturated carbocycles. The van der Waals surface area contributed by atoms with E-state index in [-0.39, 0.29) is 11.7 Å². The van der Waals surface area contributed by atoms with Gasteiger partial charge in [0, 0.05) is 5.56 Å². The molecule has 1 aromatic rings. The third-order valence-corrected chi connectivity index (χ3v) is 2.92. The Bertz CT molecular complexity index is 413. The van der Waals surface area contributed by atoms with Crippen LogP contribution in [0.3, 0.4) is 0 Å². The SMILES string of the molecule is C[C@H](N)C(=O)NC1(c2ccccc2F)CC1. The summed E-state index contributed by atoms with van der Waals surface area (Å²) in [5.41, 5.74) is 5.52. The average Bonchev–Trinajstić information content (AvgIpc) is 2.99. The van der Waals surface area contributed by atoms with E-state index in [1.165, 1.54) is 6.07 Å². The number of benzene rings is 1. The van der Waals surface area contributed by atoms with Crippen molar-refractivity contribution in [3.05, 3.63) is 35.6 Å². The molecule has 3 N–H and O–H groups in total. The molecule has 1 aliphatic rings. The molecule has 0 aliphatic heterocycles. The summed E-state index contributed by atoms with van der Waals surface area (Å²) in [6.07, 6.45) is 1.54. The molecular weight excluding hydrogens is 207 g/mol. The second-order valence-corrected chi connectivity index (χ2v) is 4.34. The summed E-state index contributed by atoms with van der Waals surface area (Å²) in [4.78, 5) is 11.5. The summed E-state index contributed by atoms with van der Waals surface area (Å²) in [7, 11) is 0. The first kappa shape index (κ1) is 11.1. The highest BCUT2D eigenvalue weighted by Gasteiger charge is 2.47. The van der Waals surface area contributed by atoms with Crippen molar-refractivity contribution in [1.29, 1.82) is 0 Å². The quantitative estimate of drug-likeness (QED) is 0.809. The summed E-state index contributed by atoms with van der Waals surface area (Å²) in [5.74, 6) is -0.509. The Balaban J connectivity index is 2.21. The van der Waals surface area contributed by atoms with E-state index in [1.54, 1.807) is 25.1 Å². The minimum absolute atomic E-state index is 0.235. The van der Waals surface area contributed by atoms with Crippen molar-refractivity contribution in [2.75, 3.05) is 0 Å². The minimum atomic E-state index is -0.566. The van der Waals surface area contributed by atoms with Crippen molar-refractivity contribution in [3.63, 3.8) is 0 Å². The topological polar surface area (TPSA) is 55.1 Å². The number of carbonyl (C=O) groups excluding carboxylic acids is 1. The second kappa shape index (κ2) is 3.87. The number of nitrogens with two attached hydrogens (primary N) is 1. The van der Waals surface area contributed by atoms with Gasteiger partial charge in [0.15, 0.2) is 0 Å². The van der Waals surface area contributed by atoms with E-state index in [9.17, 15) is 9.18 Å². The van der Waals surface area contributed by atoms with Crippen LogP contribution in [0.2, 0.25) is 0 Å². The fourth-order valence-corrected chi connectivity index (χ4v) is 1.79. The smallest absolute Gasteiger partial charge is 0.237 e. The maximum absolute atomic E-state index is 13.6. The van der Waals surface area contributed by atoms with Gasteiger partial charge in [0.25, 0.3) is 0 Å². The van der Waals surface area contributed by atoms with E-state index >= 15 is 0 Å². The van der Waals surface area contributed by atoms with Crippen molar-refractivity contribution >= 4 is 5.91 Å². The van der Waals surface area contributed by atoms with E-state index in [1.807, 2.05) is 0 Å². The molecule has 16 heavy (non-hydrogen) atoms. The number of halogens is 1. The monoisotopic (exact) mass is 222 g/mol. The molecule has 1 fully saturated rings. The lowest BCUT2D eigenvalue weighted by Gasteiger charge is -2.19. The predicted octanol–water partition coefficient (Wildman–Crippen LogP) is 1.28. The van der Waals surface area contributed by atoms with Gasteiger partial charge >= 0.3 is 0 Å². The van der Waals surface area contributed by atoms with Crippen molar-refractivity contribution in [2.45, 2.75) is 31.3 Å². The van der Waals surface area contributed by atoms with Gasteiger partial charge in [0.05, 0.1) is 11.6 Å². The number of hydrogen-bond acceptors (Lipinski definition) is 2. The zero-order chi connectivity index (χ0) is 11.8. The van der Waals surface area contributed by atoms with Crippen LogP contribution in [0, 0.1) is 5.82 Å². The van der Waals surface area contributed by atoms with Crippen molar-refractivity contribution < 1.29 is 9.18 Å². The highest BCUT2D eigenvalue weighted by Crippen LogP contribution is 2.46. The summed E-state index contributed by atoms with van der Waals surface area (Å²) >= 11 is 0. The van der Waals surface area contributed by atoms with Crippen molar-refractivity contribution in [1.82, 2.24) is 5.32 Å². The summed E-state index contributed by atoms with van der Waals surface area (Å²) < 4.78 is 13.6. The zero-order valence-electron chi connectivity index (χ0n) is 9.16. The van der Waals surface area contributed by atoms with E-state index in [4.69, 9.17) is 5.73 Å². The lowest BCUT2D eigenvalue weighted by Crippen LogP contribution is -2.44. The van der Waals surface area contributed by atoms with Crippen LogP contribution in [0.25, 0.3) is 0 Å². The first-order chi connectivity index (χ1) is 7.55. The van der Waals surface area contributed by atoms with Crippen LogP contribution in [0.15, 0.2) is 24.3 Å². The Morgan fingerprint density at radius 1 is 1.50 bits per heavy atom. The average molecular weight is 222 g/mol. The zero-order valence-corrected chi connectivity index (χ0v) is 9.16. The van der Waals surface area contributed by atoms with Crippen LogP contribution < -0.4 is 11.1 Å². The Hall–Kier alpha value is -1.42. The van der Waals surface area contributed by atoms with Gasteiger partial charge in [-0.2, -0.15) is 0 Å². The van der Waals surface area contributed by atoms with Crippen molar-refractivity contribution in [3.8, 4) is 0 Å². The molecule has 86 valence electrons. The molecule has 0 radical (unpaired) electrons. The van der Waals surface area contributed by atoms with Gasteiger partial charge in [-0.05, 0) is 25.8 Å². The molecule has 0 aromatic heterocycles. The fraction of sp³-hybridized carbons (Fsp3) is 0.417. The Kier molecular flexibility index (Phi) is 2.68. The summed E-state index contributed by atoms with van der Waals surface area (Å²) in [5, 5.41) is 2.82. The second-order valence-electron chi connectivity index (χ2n) is 4.34. The highest BCUT2D eigenvalue weighted by molar-refractivity contribution is 5.82. The van der Waals surface area contributed by atoms with Crippen LogP contribution in [-0.4, -0.2) is 11.9 Å². The first-order valence-corrected chi connectivity index (χ1v) is 5.38. The number of amides is 1. The molecule has 1 aromatic carbocycles. The van der Waals surface area contributed by atoms with E-state index in [2.05, 4.69) is 5.32 Å². The molecule has 0 unspecified atom stereocenters. The largest absolute Gasteiger partial charge is 0.345 e. The van der Waals surface area contributed by atoms with Gasteiger partial charge in [-0.3, -0.25) is 4.79 Å². The molecular formula is C12H15FN2O. The molecule has 4 heteroatoms. The standard InChI is InChI=1S/C12H15FN2O/c1-8(14)11(16)15-12(6-7-12)9-4-2-3-5-10(9)13/h2-5,8H,6-7,14H2,1H3,(H,15,16)/t8-/m0/s1. The molecule has 0 bridgehead atoms.